The first-order chi connectivity index (χ1) is 12.5. The van der Waals surface area contributed by atoms with Crippen LogP contribution in [0.5, 0.6) is 0 Å². The van der Waals surface area contributed by atoms with Crippen LogP contribution in [0, 0.1) is 0 Å². The average Bonchev–Trinajstić information content (AvgIpc) is 2.61. The van der Waals surface area contributed by atoms with E-state index in [-0.39, 0.29) is 11.4 Å². The van der Waals surface area contributed by atoms with Gasteiger partial charge in [0, 0.05) is 17.7 Å². The van der Waals surface area contributed by atoms with Crippen LogP contribution in [-0.4, -0.2) is 31.4 Å². The fraction of sp³-hybridized carbons (Fsp3) is 0.167. The van der Waals surface area contributed by atoms with E-state index in [2.05, 4.69) is 15.5 Å². The van der Waals surface area contributed by atoms with Gasteiger partial charge in [0.2, 0.25) is 0 Å². The molecule has 0 bridgehead atoms. The maximum atomic E-state index is 11.6. The minimum Gasteiger partial charge on any atom is -0.772 e. The van der Waals surface area contributed by atoms with Crippen LogP contribution in [0.25, 0.3) is 22.0 Å². The third-order valence-electron chi connectivity index (χ3n) is 3.92. The number of nitrogens with two attached hydrogens (primary N) is 1. The SMILES string of the molecule is CCNc1c(C(N)=O)nnc2cc(-c3ccc(CS(=O)[O-])cc3)ccc12. The Bertz CT molecular complexity index is 990. The highest BCUT2D eigenvalue weighted by atomic mass is 32.2. The van der Waals surface area contributed by atoms with E-state index in [9.17, 15) is 13.6 Å². The van der Waals surface area contributed by atoms with E-state index in [1.165, 1.54) is 0 Å². The Hall–Kier alpha value is -2.84. The maximum absolute atomic E-state index is 11.6. The van der Waals surface area contributed by atoms with Gasteiger partial charge in [0.05, 0.1) is 11.2 Å². The number of fused-ring (bicyclic) bond motifs is 1. The van der Waals surface area contributed by atoms with Gasteiger partial charge >= 0.3 is 0 Å². The van der Waals surface area contributed by atoms with Gasteiger partial charge in [0.25, 0.3) is 5.91 Å². The van der Waals surface area contributed by atoms with Crippen LogP contribution in [0.2, 0.25) is 0 Å². The van der Waals surface area contributed by atoms with Gasteiger partial charge in [0.1, 0.15) is 0 Å². The van der Waals surface area contributed by atoms with E-state index in [1.807, 2.05) is 37.3 Å². The first kappa shape index (κ1) is 18.0. The van der Waals surface area contributed by atoms with E-state index in [1.54, 1.807) is 12.1 Å². The first-order valence-electron chi connectivity index (χ1n) is 7.99. The van der Waals surface area contributed by atoms with Crippen molar-refractivity contribution in [1.82, 2.24) is 10.2 Å². The number of primary amides is 1. The number of benzene rings is 2. The van der Waals surface area contributed by atoms with Crippen molar-refractivity contribution in [2.24, 2.45) is 5.73 Å². The number of anilines is 1. The molecule has 1 heterocycles. The van der Waals surface area contributed by atoms with Crippen LogP contribution in [0.1, 0.15) is 23.0 Å². The molecular formula is C18H17N4O3S-. The molecule has 1 atom stereocenters. The summed E-state index contributed by atoms with van der Waals surface area (Å²) in [5.41, 5.74) is 9.27. The molecule has 1 amide bonds. The number of rotatable bonds is 6. The molecule has 0 aliphatic heterocycles. The van der Waals surface area contributed by atoms with Gasteiger partial charge in [-0.15, -0.1) is 10.2 Å². The van der Waals surface area contributed by atoms with Gasteiger partial charge in [-0.3, -0.25) is 9.00 Å². The highest BCUT2D eigenvalue weighted by Crippen LogP contribution is 2.29. The van der Waals surface area contributed by atoms with Crippen LogP contribution in [0.4, 0.5) is 5.69 Å². The fourth-order valence-corrected chi connectivity index (χ4v) is 3.21. The number of nitrogens with zero attached hydrogens (tertiary/aromatic N) is 2. The quantitative estimate of drug-likeness (QED) is 0.643. The lowest BCUT2D eigenvalue weighted by Gasteiger charge is -2.11. The highest BCUT2D eigenvalue weighted by molar-refractivity contribution is 7.78. The zero-order valence-electron chi connectivity index (χ0n) is 14.1. The molecule has 1 aromatic heterocycles. The second-order valence-corrected chi connectivity index (χ2v) is 6.59. The predicted molar refractivity (Wildman–Crippen MR) is 100 cm³/mol. The Labute approximate surface area is 152 Å². The predicted octanol–water partition coefficient (Wildman–Crippen LogP) is 2.21. The lowest BCUT2D eigenvalue weighted by Crippen LogP contribution is -2.17. The molecule has 1 unspecified atom stereocenters. The summed E-state index contributed by atoms with van der Waals surface area (Å²) in [7, 11) is 0. The number of carbonyl (C=O) groups is 1. The summed E-state index contributed by atoms with van der Waals surface area (Å²) in [4.78, 5) is 11.6. The molecule has 0 fully saturated rings. The normalized spacial score (nSPS) is 12.1. The molecule has 0 saturated carbocycles. The van der Waals surface area contributed by atoms with Gasteiger partial charge in [0.15, 0.2) is 5.69 Å². The topological polar surface area (TPSA) is 121 Å². The number of aromatic nitrogens is 2. The Balaban J connectivity index is 2.03. The summed E-state index contributed by atoms with van der Waals surface area (Å²) < 4.78 is 21.6. The van der Waals surface area contributed by atoms with E-state index in [0.29, 0.717) is 17.7 Å². The molecule has 3 rings (SSSR count). The van der Waals surface area contributed by atoms with Gasteiger partial charge in [-0.2, -0.15) is 0 Å². The van der Waals surface area contributed by atoms with Crippen LogP contribution in [-0.2, 0) is 16.8 Å². The molecule has 3 N–H and O–H groups in total. The molecule has 2 aromatic carbocycles. The molecule has 0 saturated heterocycles. The van der Waals surface area contributed by atoms with Crippen molar-refractivity contribution in [2.45, 2.75) is 12.7 Å². The lowest BCUT2D eigenvalue weighted by atomic mass is 10.0. The molecule has 0 spiro atoms. The Morgan fingerprint density at radius 1 is 1.15 bits per heavy atom. The number of amides is 1. The Morgan fingerprint density at radius 2 is 1.85 bits per heavy atom. The van der Waals surface area contributed by atoms with Crippen LogP contribution in [0.15, 0.2) is 42.5 Å². The summed E-state index contributed by atoms with van der Waals surface area (Å²) in [6, 6.07) is 12.9. The van der Waals surface area contributed by atoms with E-state index in [4.69, 9.17) is 5.73 Å². The number of hydrogen-bond acceptors (Lipinski definition) is 6. The van der Waals surface area contributed by atoms with Crippen molar-refractivity contribution in [1.29, 1.82) is 0 Å². The van der Waals surface area contributed by atoms with Crippen molar-refractivity contribution in [2.75, 3.05) is 11.9 Å². The summed E-state index contributed by atoms with van der Waals surface area (Å²) in [5.74, 6) is -0.642. The van der Waals surface area contributed by atoms with Gasteiger partial charge < -0.3 is 15.6 Å². The second kappa shape index (κ2) is 7.59. The Morgan fingerprint density at radius 3 is 2.46 bits per heavy atom. The molecule has 7 nitrogen and oxygen atoms in total. The van der Waals surface area contributed by atoms with Crippen molar-refractivity contribution in [3.05, 3.63) is 53.7 Å². The number of nitrogens with one attached hydrogen (secondary N) is 1. The molecule has 0 radical (unpaired) electrons. The first-order valence-corrected chi connectivity index (χ1v) is 9.23. The van der Waals surface area contributed by atoms with Crippen LogP contribution in [0.3, 0.4) is 0 Å². The molecule has 8 heteroatoms. The second-order valence-electron chi connectivity index (χ2n) is 5.70. The average molecular weight is 369 g/mol. The van der Waals surface area contributed by atoms with Gasteiger partial charge in [-0.25, -0.2) is 0 Å². The number of hydrogen-bond donors (Lipinski definition) is 2. The van der Waals surface area contributed by atoms with Crippen molar-refractivity contribution < 1.29 is 13.6 Å². The van der Waals surface area contributed by atoms with Crippen molar-refractivity contribution >= 4 is 33.6 Å². The van der Waals surface area contributed by atoms with Crippen molar-refractivity contribution in [3.63, 3.8) is 0 Å². The summed E-state index contributed by atoms with van der Waals surface area (Å²) in [6.07, 6.45) is 0. The maximum Gasteiger partial charge on any atom is 0.271 e. The van der Waals surface area contributed by atoms with E-state index >= 15 is 0 Å². The van der Waals surface area contributed by atoms with Crippen LogP contribution < -0.4 is 11.1 Å². The molecular weight excluding hydrogens is 352 g/mol. The zero-order valence-corrected chi connectivity index (χ0v) is 14.9. The van der Waals surface area contributed by atoms with Gasteiger partial charge in [-0.1, -0.05) is 41.4 Å². The fourth-order valence-electron chi connectivity index (χ4n) is 2.74. The third-order valence-corrected chi connectivity index (χ3v) is 4.49. The van der Waals surface area contributed by atoms with Crippen molar-refractivity contribution in [3.8, 4) is 11.1 Å². The van der Waals surface area contributed by atoms with E-state index < -0.39 is 17.0 Å². The van der Waals surface area contributed by atoms with Gasteiger partial charge in [-0.05, 0) is 35.7 Å². The third kappa shape index (κ3) is 3.71. The molecule has 0 aliphatic rings. The monoisotopic (exact) mass is 369 g/mol. The lowest BCUT2D eigenvalue weighted by molar-refractivity contribution is 0.0995. The standard InChI is InChI=1S/C18H18N4O3S/c1-2-20-16-14-8-7-13(9-15(14)21-22-17(16)18(19)23)12-5-3-11(4-6-12)10-26(24)25/h3-9H,2,10H2,1H3,(H2,19,23)(H,20,21)(H,24,25)/p-1. The van der Waals surface area contributed by atoms with E-state index in [0.717, 1.165) is 22.1 Å². The summed E-state index contributed by atoms with van der Waals surface area (Å²) in [6.45, 7) is 2.53. The minimum absolute atomic E-state index is 0.00851. The van der Waals surface area contributed by atoms with Crippen LogP contribution >= 0.6 is 0 Å². The zero-order chi connectivity index (χ0) is 18.7. The summed E-state index contributed by atoms with van der Waals surface area (Å²) in [5, 5.41) is 12.0. The molecule has 134 valence electrons. The smallest absolute Gasteiger partial charge is 0.271 e. The minimum atomic E-state index is -2.11. The molecule has 3 aromatic rings. The molecule has 0 aliphatic carbocycles. The molecule has 26 heavy (non-hydrogen) atoms. The number of carbonyl (C=O) groups excluding carboxylic acids is 1. The highest BCUT2D eigenvalue weighted by Gasteiger charge is 2.15. The largest absolute Gasteiger partial charge is 0.772 e. The summed E-state index contributed by atoms with van der Waals surface area (Å²) >= 11 is -2.11. The Kier molecular flexibility index (Phi) is 5.24.